The molecule has 4 nitrogen and oxygen atoms in total. The number of ether oxygens (including phenoxy) is 2. The third-order valence-electron chi connectivity index (χ3n) is 3.04. The second kappa shape index (κ2) is 5.25. The van der Waals surface area contributed by atoms with Crippen molar-refractivity contribution in [3.63, 3.8) is 0 Å². The Morgan fingerprint density at radius 2 is 2.00 bits per heavy atom. The van der Waals surface area contributed by atoms with Crippen LogP contribution in [0.2, 0.25) is 0 Å². The summed E-state index contributed by atoms with van der Waals surface area (Å²) in [5.41, 5.74) is -1.41. The summed E-state index contributed by atoms with van der Waals surface area (Å²) in [6.45, 7) is 5.76. The second-order valence-corrected chi connectivity index (χ2v) is 6.02. The first-order valence-corrected chi connectivity index (χ1v) is 6.71. The fourth-order valence-corrected chi connectivity index (χ4v) is 2.02. The molecule has 110 valence electrons. The van der Waals surface area contributed by atoms with Gasteiger partial charge in [0.2, 0.25) is 0 Å². The Labute approximate surface area is 124 Å². The standard InChI is InChI=1S/C17H18O4/c1-16(2,3)9-10-17(15(19)20-4)11-13(18)12-7-5-6-8-14(12)21-17/h5-8H,11H2,1-4H3/t17-/m0/s1. The molecule has 0 fully saturated rings. The number of methoxy groups -OCH3 is 1. The first kappa shape index (κ1) is 15.1. The molecule has 0 aliphatic carbocycles. The molecule has 0 amide bonds. The number of carbonyl (C=O) groups excluding carboxylic acids is 2. The first-order valence-electron chi connectivity index (χ1n) is 6.71. The topological polar surface area (TPSA) is 52.6 Å². The van der Waals surface area contributed by atoms with E-state index in [0.717, 1.165) is 0 Å². The van der Waals surface area contributed by atoms with E-state index in [9.17, 15) is 9.59 Å². The molecule has 1 aliphatic rings. The second-order valence-electron chi connectivity index (χ2n) is 6.02. The van der Waals surface area contributed by atoms with Crippen LogP contribution in [0.4, 0.5) is 0 Å². The molecule has 21 heavy (non-hydrogen) atoms. The molecule has 4 heteroatoms. The molecule has 1 atom stereocenters. The van der Waals surface area contributed by atoms with Crippen molar-refractivity contribution in [2.45, 2.75) is 32.8 Å². The van der Waals surface area contributed by atoms with Crippen LogP contribution in [0.5, 0.6) is 5.75 Å². The number of fused-ring (bicyclic) bond motifs is 1. The average Bonchev–Trinajstić information content (AvgIpc) is 2.43. The van der Waals surface area contributed by atoms with Crippen molar-refractivity contribution < 1.29 is 19.1 Å². The number of Topliss-reactive ketones (excluding diaryl/α,β-unsaturated/α-hetero) is 1. The molecule has 0 bridgehead atoms. The minimum absolute atomic E-state index is 0.139. The third-order valence-corrected chi connectivity index (χ3v) is 3.04. The molecule has 1 aromatic rings. The van der Waals surface area contributed by atoms with Gasteiger partial charge in [0.25, 0.3) is 5.60 Å². The Morgan fingerprint density at radius 3 is 2.62 bits per heavy atom. The van der Waals surface area contributed by atoms with Crippen LogP contribution in [0, 0.1) is 17.3 Å². The van der Waals surface area contributed by atoms with Crippen molar-refractivity contribution in [2.75, 3.05) is 7.11 Å². The number of ketones is 1. The van der Waals surface area contributed by atoms with Gasteiger partial charge in [-0.15, -0.1) is 0 Å². The van der Waals surface area contributed by atoms with Crippen LogP contribution in [-0.4, -0.2) is 24.5 Å². The van der Waals surface area contributed by atoms with Gasteiger partial charge in [-0.2, -0.15) is 0 Å². The quantitative estimate of drug-likeness (QED) is 0.588. The van der Waals surface area contributed by atoms with Gasteiger partial charge in [-0.3, -0.25) is 4.79 Å². The lowest BCUT2D eigenvalue weighted by Gasteiger charge is -2.31. The monoisotopic (exact) mass is 286 g/mol. The highest BCUT2D eigenvalue weighted by Gasteiger charge is 2.47. The summed E-state index contributed by atoms with van der Waals surface area (Å²) in [5.74, 6) is 5.34. The van der Waals surface area contributed by atoms with Crippen molar-refractivity contribution in [1.82, 2.24) is 0 Å². The zero-order valence-electron chi connectivity index (χ0n) is 12.6. The summed E-state index contributed by atoms with van der Waals surface area (Å²) in [4.78, 5) is 24.4. The van der Waals surface area contributed by atoms with Gasteiger partial charge < -0.3 is 9.47 Å². The maximum absolute atomic E-state index is 12.3. The van der Waals surface area contributed by atoms with Crippen LogP contribution in [0.25, 0.3) is 0 Å². The predicted molar refractivity (Wildman–Crippen MR) is 78.0 cm³/mol. The molecule has 0 radical (unpaired) electrons. The van der Waals surface area contributed by atoms with E-state index in [4.69, 9.17) is 9.47 Å². The Bertz CT molecular complexity index is 643. The molecular weight excluding hydrogens is 268 g/mol. The number of rotatable bonds is 1. The zero-order chi connectivity index (χ0) is 15.7. The summed E-state index contributed by atoms with van der Waals surface area (Å²) in [7, 11) is 1.26. The minimum atomic E-state index is -1.56. The maximum atomic E-state index is 12.3. The highest BCUT2D eigenvalue weighted by atomic mass is 16.6. The van der Waals surface area contributed by atoms with Gasteiger partial charge in [-0.05, 0) is 38.8 Å². The van der Waals surface area contributed by atoms with Gasteiger partial charge in [0.05, 0.1) is 19.1 Å². The first-order chi connectivity index (χ1) is 9.77. The van der Waals surface area contributed by atoms with Crippen molar-refractivity contribution >= 4 is 11.8 Å². The van der Waals surface area contributed by atoms with E-state index >= 15 is 0 Å². The lowest BCUT2D eigenvalue weighted by molar-refractivity contribution is -0.154. The van der Waals surface area contributed by atoms with E-state index in [1.165, 1.54) is 7.11 Å². The molecule has 0 aromatic heterocycles. The van der Waals surface area contributed by atoms with E-state index in [0.29, 0.717) is 11.3 Å². The van der Waals surface area contributed by atoms with Gasteiger partial charge >= 0.3 is 5.97 Å². The number of hydrogen-bond acceptors (Lipinski definition) is 4. The largest absolute Gasteiger partial charge is 0.465 e. The molecule has 1 aromatic carbocycles. The third kappa shape index (κ3) is 3.08. The molecular formula is C17H18O4. The summed E-state index contributed by atoms with van der Waals surface area (Å²) in [6.07, 6.45) is -0.139. The van der Waals surface area contributed by atoms with Crippen molar-refractivity contribution in [3.05, 3.63) is 29.8 Å². The highest BCUT2D eigenvalue weighted by Crippen LogP contribution is 2.34. The van der Waals surface area contributed by atoms with Crippen LogP contribution in [0.3, 0.4) is 0 Å². The highest BCUT2D eigenvalue weighted by molar-refractivity contribution is 6.04. The van der Waals surface area contributed by atoms with Crippen molar-refractivity contribution in [1.29, 1.82) is 0 Å². The van der Waals surface area contributed by atoms with Gasteiger partial charge in [-0.1, -0.05) is 18.1 Å². The van der Waals surface area contributed by atoms with E-state index in [2.05, 4.69) is 11.8 Å². The minimum Gasteiger partial charge on any atom is -0.465 e. The molecule has 1 aliphatic heterocycles. The number of esters is 1. The van der Waals surface area contributed by atoms with Crippen LogP contribution in [0.15, 0.2) is 24.3 Å². The van der Waals surface area contributed by atoms with Gasteiger partial charge in [-0.25, -0.2) is 4.79 Å². The Morgan fingerprint density at radius 1 is 1.33 bits per heavy atom. The predicted octanol–water partition coefficient (Wildman–Crippen LogP) is 2.61. The van der Waals surface area contributed by atoms with Crippen LogP contribution < -0.4 is 4.74 Å². The summed E-state index contributed by atoms with van der Waals surface area (Å²) in [5, 5.41) is 0. The Balaban J connectivity index is 2.51. The van der Waals surface area contributed by atoms with Gasteiger partial charge in [0.1, 0.15) is 5.75 Å². The number of para-hydroxylation sites is 1. The van der Waals surface area contributed by atoms with Gasteiger partial charge in [0, 0.05) is 5.41 Å². The molecule has 2 rings (SSSR count). The summed E-state index contributed by atoms with van der Waals surface area (Å²) in [6, 6.07) is 6.83. The SMILES string of the molecule is COC(=O)[C@]1(C#CC(C)(C)C)CC(=O)c2ccccc2O1. The van der Waals surface area contributed by atoms with Crippen molar-refractivity contribution in [2.24, 2.45) is 5.41 Å². The smallest absolute Gasteiger partial charge is 0.363 e. The van der Waals surface area contributed by atoms with Gasteiger partial charge in [0.15, 0.2) is 5.78 Å². The fourth-order valence-electron chi connectivity index (χ4n) is 2.02. The van der Waals surface area contributed by atoms with E-state index in [1.807, 2.05) is 20.8 Å². The Hall–Kier alpha value is -2.28. The Kier molecular flexibility index (Phi) is 3.78. The van der Waals surface area contributed by atoms with Crippen molar-refractivity contribution in [3.8, 4) is 17.6 Å². The molecule has 0 saturated heterocycles. The molecule has 0 N–H and O–H groups in total. The summed E-state index contributed by atoms with van der Waals surface area (Å²) >= 11 is 0. The molecule has 0 unspecified atom stereocenters. The van der Waals surface area contributed by atoms with Crippen LogP contribution >= 0.6 is 0 Å². The normalized spacial score (nSPS) is 20.7. The molecule has 0 saturated carbocycles. The maximum Gasteiger partial charge on any atom is 0.363 e. The average molecular weight is 286 g/mol. The van der Waals surface area contributed by atoms with Crippen LogP contribution in [0.1, 0.15) is 37.6 Å². The lowest BCUT2D eigenvalue weighted by atomic mass is 9.88. The molecule has 0 spiro atoms. The summed E-state index contributed by atoms with van der Waals surface area (Å²) < 4.78 is 10.6. The van der Waals surface area contributed by atoms with E-state index < -0.39 is 11.6 Å². The lowest BCUT2D eigenvalue weighted by Crippen LogP contribution is -2.48. The van der Waals surface area contributed by atoms with E-state index in [-0.39, 0.29) is 17.6 Å². The zero-order valence-corrected chi connectivity index (χ0v) is 12.6. The number of hydrogen-bond donors (Lipinski definition) is 0. The number of carbonyl (C=O) groups is 2. The number of benzene rings is 1. The van der Waals surface area contributed by atoms with E-state index in [1.54, 1.807) is 24.3 Å². The van der Waals surface area contributed by atoms with Crippen LogP contribution in [-0.2, 0) is 9.53 Å². The molecule has 1 heterocycles. The fraction of sp³-hybridized carbons (Fsp3) is 0.412.